The molecular formula is C14H13N5O2. The van der Waals surface area contributed by atoms with E-state index in [9.17, 15) is 10.1 Å². The number of benzene rings is 1. The number of nitro benzene ring substituents is 1. The van der Waals surface area contributed by atoms with Gasteiger partial charge in [0.2, 0.25) is 0 Å². The summed E-state index contributed by atoms with van der Waals surface area (Å²) in [7, 11) is 1.92. The van der Waals surface area contributed by atoms with Crippen LogP contribution in [0.1, 0.15) is 5.82 Å². The molecule has 3 rings (SSSR count). The van der Waals surface area contributed by atoms with Crippen molar-refractivity contribution >= 4 is 22.1 Å². The van der Waals surface area contributed by atoms with Crippen LogP contribution >= 0.6 is 0 Å². The summed E-state index contributed by atoms with van der Waals surface area (Å²) in [5, 5.41) is 15.6. The van der Waals surface area contributed by atoms with Crippen molar-refractivity contribution in [1.82, 2.24) is 14.5 Å². The zero-order valence-electron chi connectivity index (χ0n) is 11.4. The maximum Gasteiger partial charge on any atom is 0.277 e. The van der Waals surface area contributed by atoms with Crippen molar-refractivity contribution in [2.24, 2.45) is 7.05 Å². The van der Waals surface area contributed by atoms with Crippen LogP contribution in [0.3, 0.4) is 0 Å². The average Bonchev–Trinajstić information content (AvgIpc) is 2.89. The minimum absolute atomic E-state index is 0.0786. The molecule has 106 valence electrons. The molecule has 0 amide bonds. The number of anilines is 1. The highest BCUT2D eigenvalue weighted by Gasteiger charge is 2.14. The van der Waals surface area contributed by atoms with E-state index in [0.29, 0.717) is 11.9 Å². The van der Waals surface area contributed by atoms with Crippen LogP contribution in [0.2, 0.25) is 0 Å². The Labute approximate surface area is 120 Å². The van der Waals surface area contributed by atoms with Crippen molar-refractivity contribution in [3.05, 3.63) is 58.9 Å². The van der Waals surface area contributed by atoms with E-state index in [2.05, 4.69) is 15.3 Å². The standard InChI is InChI=1S/C14H13N5O2/c1-18-7-6-16-14(18)9-17-12-2-3-13(19(20)21)10-4-5-15-8-11(10)12/h2-8,17H,9H2,1H3. The largest absolute Gasteiger partial charge is 0.377 e. The number of nitrogens with zero attached hydrogens (tertiary/aromatic N) is 4. The highest BCUT2D eigenvalue weighted by atomic mass is 16.6. The SMILES string of the molecule is Cn1ccnc1CNc1ccc([N+](=O)[O-])c2ccncc12. The Morgan fingerprint density at radius 3 is 2.86 bits per heavy atom. The summed E-state index contributed by atoms with van der Waals surface area (Å²) >= 11 is 0. The van der Waals surface area contributed by atoms with Gasteiger partial charge in [0, 0.05) is 49.0 Å². The van der Waals surface area contributed by atoms with Crippen LogP contribution in [0.15, 0.2) is 43.0 Å². The highest BCUT2D eigenvalue weighted by Crippen LogP contribution is 2.30. The van der Waals surface area contributed by atoms with Crippen LogP contribution in [0.4, 0.5) is 11.4 Å². The lowest BCUT2D eigenvalue weighted by Crippen LogP contribution is -2.06. The van der Waals surface area contributed by atoms with Gasteiger partial charge >= 0.3 is 0 Å². The number of nitrogens with one attached hydrogen (secondary N) is 1. The first kappa shape index (κ1) is 13.0. The molecule has 0 fully saturated rings. The number of imidazole rings is 1. The van der Waals surface area contributed by atoms with Crippen LogP contribution in [0, 0.1) is 10.1 Å². The van der Waals surface area contributed by atoms with Gasteiger partial charge in [-0.05, 0) is 12.1 Å². The molecule has 0 saturated heterocycles. The molecule has 0 aliphatic heterocycles. The molecule has 3 aromatic rings. The lowest BCUT2D eigenvalue weighted by molar-refractivity contribution is -0.383. The fourth-order valence-electron chi connectivity index (χ4n) is 2.23. The van der Waals surface area contributed by atoms with Gasteiger partial charge in [-0.25, -0.2) is 4.98 Å². The molecule has 1 aromatic carbocycles. The van der Waals surface area contributed by atoms with Gasteiger partial charge in [-0.1, -0.05) is 0 Å². The van der Waals surface area contributed by atoms with Crippen molar-refractivity contribution in [2.75, 3.05) is 5.32 Å². The van der Waals surface area contributed by atoms with Gasteiger partial charge < -0.3 is 9.88 Å². The first-order valence-corrected chi connectivity index (χ1v) is 6.38. The van der Waals surface area contributed by atoms with E-state index in [1.54, 1.807) is 30.7 Å². The molecule has 0 saturated carbocycles. The van der Waals surface area contributed by atoms with E-state index in [1.165, 1.54) is 6.07 Å². The molecule has 1 N–H and O–H groups in total. The quantitative estimate of drug-likeness (QED) is 0.587. The molecule has 2 heterocycles. The molecule has 7 heteroatoms. The van der Waals surface area contributed by atoms with Crippen molar-refractivity contribution in [2.45, 2.75) is 6.54 Å². The van der Waals surface area contributed by atoms with Gasteiger partial charge in [0.25, 0.3) is 5.69 Å². The molecule has 0 radical (unpaired) electrons. The van der Waals surface area contributed by atoms with E-state index in [0.717, 1.165) is 16.9 Å². The number of nitro groups is 1. The van der Waals surface area contributed by atoms with Gasteiger partial charge in [0.15, 0.2) is 0 Å². The van der Waals surface area contributed by atoms with E-state index < -0.39 is 0 Å². The third kappa shape index (κ3) is 2.40. The van der Waals surface area contributed by atoms with Crippen molar-refractivity contribution in [3.63, 3.8) is 0 Å². The summed E-state index contributed by atoms with van der Waals surface area (Å²) < 4.78 is 1.92. The van der Waals surface area contributed by atoms with E-state index in [-0.39, 0.29) is 10.6 Å². The third-order valence-corrected chi connectivity index (χ3v) is 3.35. The highest BCUT2D eigenvalue weighted by molar-refractivity contribution is 5.99. The second-order valence-electron chi connectivity index (χ2n) is 4.62. The number of rotatable bonds is 4. The molecule has 0 bridgehead atoms. The fourth-order valence-corrected chi connectivity index (χ4v) is 2.23. The van der Waals surface area contributed by atoms with Crippen LogP contribution in [-0.2, 0) is 13.6 Å². The summed E-state index contributed by atoms with van der Waals surface area (Å²) in [6.07, 6.45) is 6.78. The molecule has 21 heavy (non-hydrogen) atoms. The number of aromatic nitrogens is 3. The average molecular weight is 283 g/mol. The van der Waals surface area contributed by atoms with Gasteiger partial charge in [-0.2, -0.15) is 0 Å². The summed E-state index contributed by atoms with van der Waals surface area (Å²) in [5.74, 6) is 0.880. The van der Waals surface area contributed by atoms with Gasteiger partial charge in [0.1, 0.15) is 5.82 Å². The number of hydrogen-bond acceptors (Lipinski definition) is 5. The van der Waals surface area contributed by atoms with Crippen molar-refractivity contribution in [3.8, 4) is 0 Å². The van der Waals surface area contributed by atoms with Crippen LogP contribution < -0.4 is 5.32 Å². The number of non-ortho nitro benzene ring substituents is 1. The molecule has 7 nitrogen and oxygen atoms in total. The molecule has 0 aliphatic rings. The first-order valence-electron chi connectivity index (χ1n) is 6.38. The van der Waals surface area contributed by atoms with E-state index in [4.69, 9.17) is 0 Å². The van der Waals surface area contributed by atoms with Crippen molar-refractivity contribution < 1.29 is 4.92 Å². The first-order chi connectivity index (χ1) is 10.2. The molecule has 2 aromatic heterocycles. The molecule has 0 aliphatic carbocycles. The van der Waals surface area contributed by atoms with Crippen LogP contribution in [-0.4, -0.2) is 19.5 Å². The van der Waals surface area contributed by atoms with E-state index in [1.807, 2.05) is 17.8 Å². The Morgan fingerprint density at radius 2 is 2.14 bits per heavy atom. The van der Waals surface area contributed by atoms with Gasteiger partial charge in [-0.15, -0.1) is 0 Å². The minimum atomic E-state index is -0.384. The Bertz CT molecular complexity index is 812. The zero-order chi connectivity index (χ0) is 14.8. The number of fused-ring (bicyclic) bond motifs is 1. The second-order valence-corrected chi connectivity index (χ2v) is 4.62. The molecule has 0 spiro atoms. The monoisotopic (exact) mass is 283 g/mol. The summed E-state index contributed by atoms with van der Waals surface area (Å²) in [6, 6.07) is 4.85. The summed E-state index contributed by atoms with van der Waals surface area (Å²) in [4.78, 5) is 19.0. The maximum absolute atomic E-state index is 11.1. The zero-order valence-corrected chi connectivity index (χ0v) is 11.4. The Balaban J connectivity index is 1.98. The third-order valence-electron chi connectivity index (χ3n) is 3.35. The topological polar surface area (TPSA) is 85.9 Å². The second kappa shape index (κ2) is 5.20. The molecular weight excluding hydrogens is 270 g/mol. The molecule has 0 unspecified atom stereocenters. The fraction of sp³-hybridized carbons (Fsp3) is 0.143. The summed E-state index contributed by atoms with van der Waals surface area (Å²) in [6.45, 7) is 0.533. The van der Waals surface area contributed by atoms with E-state index >= 15 is 0 Å². The maximum atomic E-state index is 11.1. The van der Waals surface area contributed by atoms with Crippen LogP contribution in [0.25, 0.3) is 10.8 Å². The lowest BCUT2D eigenvalue weighted by atomic mass is 10.1. The normalized spacial score (nSPS) is 10.7. The summed E-state index contributed by atoms with van der Waals surface area (Å²) in [5.41, 5.74) is 0.877. The van der Waals surface area contributed by atoms with Gasteiger partial charge in [-0.3, -0.25) is 15.1 Å². The number of hydrogen-bond donors (Lipinski definition) is 1. The predicted molar refractivity (Wildman–Crippen MR) is 78.9 cm³/mol. The predicted octanol–water partition coefficient (Wildman–Crippen LogP) is 2.49. The minimum Gasteiger partial charge on any atom is -0.377 e. The van der Waals surface area contributed by atoms with Crippen LogP contribution in [0.5, 0.6) is 0 Å². The van der Waals surface area contributed by atoms with Crippen molar-refractivity contribution in [1.29, 1.82) is 0 Å². The number of aryl methyl sites for hydroxylation is 1. The Hall–Kier alpha value is -2.96. The molecule has 0 atom stereocenters. The van der Waals surface area contributed by atoms with Gasteiger partial charge in [0.05, 0.1) is 16.9 Å². The number of pyridine rings is 1. The smallest absolute Gasteiger partial charge is 0.277 e. The Morgan fingerprint density at radius 1 is 1.29 bits per heavy atom. The Kier molecular flexibility index (Phi) is 3.23. The lowest BCUT2D eigenvalue weighted by Gasteiger charge is -2.09.